The molecular weight excluding hydrogens is 368 g/mol. The van der Waals surface area contributed by atoms with Crippen molar-refractivity contribution in [1.82, 2.24) is 29.6 Å². The highest BCUT2D eigenvalue weighted by atomic mass is 16.2. The lowest BCUT2D eigenvalue weighted by Gasteiger charge is -2.17. The van der Waals surface area contributed by atoms with Crippen LogP contribution < -0.4 is 5.56 Å². The first-order valence-electron chi connectivity index (χ1n) is 9.81. The molecular formula is C21H24N6O2. The molecule has 4 heterocycles. The Morgan fingerprint density at radius 3 is 2.76 bits per heavy atom. The third-order valence-electron chi connectivity index (χ3n) is 5.52. The van der Waals surface area contributed by atoms with Crippen molar-refractivity contribution >= 4 is 5.91 Å². The van der Waals surface area contributed by atoms with Gasteiger partial charge in [0.2, 0.25) is 0 Å². The van der Waals surface area contributed by atoms with Gasteiger partial charge in [-0.15, -0.1) is 0 Å². The Morgan fingerprint density at radius 1 is 1.31 bits per heavy atom. The molecule has 3 aromatic heterocycles. The molecule has 4 rings (SSSR count). The lowest BCUT2D eigenvalue weighted by atomic mass is 10.1. The summed E-state index contributed by atoms with van der Waals surface area (Å²) in [5, 5.41) is 4.46. The van der Waals surface area contributed by atoms with Gasteiger partial charge in [0.05, 0.1) is 11.4 Å². The molecule has 1 amide bonds. The largest absolute Gasteiger partial charge is 0.337 e. The maximum absolute atomic E-state index is 13.1. The molecule has 0 aromatic carbocycles. The van der Waals surface area contributed by atoms with Crippen LogP contribution in [0.1, 0.15) is 46.8 Å². The first-order valence-corrected chi connectivity index (χ1v) is 9.81. The molecule has 1 atom stereocenters. The van der Waals surface area contributed by atoms with Crippen molar-refractivity contribution in [1.29, 1.82) is 0 Å². The molecule has 0 radical (unpaired) electrons. The van der Waals surface area contributed by atoms with E-state index in [0.717, 1.165) is 29.7 Å². The molecule has 150 valence electrons. The number of nitrogens with zero attached hydrogens (tertiary/aromatic N) is 5. The predicted octanol–water partition coefficient (Wildman–Crippen LogP) is 2.07. The van der Waals surface area contributed by atoms with Crippen LogP contribution in [0.15, 0.2) is 35.4 Å². The predicted molar refractivity (Wildman–Crippen MR) is 109 cm³/mol. The molecule has 0 saturated carbocycles. The standard InChI is InChI=1S/C21H24N6O2/c1-4-16-13(2)19(26(3)25-16)21(29)27-10-7-15(12-27)20-23-17(11-18(28)24-20)14-5-8-22-9-6-14/h5-6,8-9,11,15H,4,7,10,12H2,1-3H3,(H,23,24,28)/t15-/m1/s1. The topological polar surface area (TPSA) is 96.8 Å². The second-order valence-electron chi connectivity index (χ2n) is 7.39. The van der Waals surface area contributed by atoms with Crippen molar-refractivity contribution in [3.05, 3.63) is 63.7 Å². The van der Waals surface area contributed by atoms with Crippen LogP contribution in [0, 0.1) is 6.92 Å². The quantitative estimate of drug-likeness (QED) is 0.733. The van der Waals surface area contributed by atoms with Gasteiger partial charge in [-0.25, -0.2) is 4.98 Å². The molecule has 0 bridgehead atoms. The number of pyridine rings is 1. The second kappa shape index (κ2) is 7.62. The first kappa shape index (κ1) is 19.0. The summed E-state index contributed by atoms with van der Waals surface area (Å²) >= 11 is 0. The summed E-state index contributed by atoms with van der Waals surface area (Å²) in [4.78, 5) is 38.7. The molecule has 1 N–H and O–H groups in total. The maximum Gasteiger partial charge on any atom is 0.272 e. The Morgan fingerprint density at radius 2 is 2.07 bits per heavy atom. The van der Waals surface area contributed by atoms with Crippen LogP contribution in [0.4, 0.5) is 0 Å². The van der Waals surface area contributed by atoms with E-state index in [4.69, 9.17) is 0 Å². The van der Waals surface area contributed by atoms with E-state index in [0.29, 0.717) is 30.3 Å². The third kappa shape index (κ3) is 3.57. The molecule has 1 saturated heterocycles. The summed E-state index contributed by atoms with van der Waals surface area (Å²) in [6.45, 7) is 5.13. The maximum atomic E-state index is 13.1. The SMILES string of the molecule is CCc1nn(C)c(C(=O)N2CC[C@@H](c3nc(-c4ccncc4)cc(=O)[nH]3)C2)c1C. The van der Waals surface area contributed by atoms with Gasteiger partial charge >= 0.3 is 0 Å². The van der Waals surface area contributed by atoms with Crippen molar-refractivity contribution in [2.75, 3.05) is 13.1 Å². The van der Waals surface area contributed by atoms with Gasteiger partial charge in [-0.05, 0) is 31.9 Å². The summed E-state index contributed by atoms with van der Waals surface area (Å²) in [6.07, 6.45) is 4.90. The van der Waals surface area contributed by atoms with E-state index in [1.54, 1.807) is 17.1 Å². The summed E-state index contributed by atoms with van der Waals surface area (Å²) < 4.78 is 1.67. The number of rotatable bonds is 4. The number of hydrogen-bond donors (Lipinski definition) is 1. The Labute approximate surface area is 168 Å². The summed E-state index contributed by atoms with van der Waals surface area (Å²) in [5.74, 6) is 0.593. The number of H-pyrrole nitrogens is 1. The molecule has 8 heteroatoms. The van der Waals surface area contributed by atoms with Crippen LogP contribution in [0.3, 0.4) is 0 Å². The number of aromatic nitrogens is 5. The molecule has 1 aliphatic rings. The van der Waals surface area contributed by atoms with E-state index in [2.05, 4.69) is 20.1 Å². The van der Waals surface area contributed by atoms with Crippen molar-refractivity contribution < 1.29 is 4.79 Å². The van der Waals surface area contributed by atoms with Crippen LogP contribution >= 0.6 is 0 Å². The fourth-order valence-corrected chi connectivity index (χ4v) is 3.98. The van der Waals surface area contributed by atoms with Gasteiger partial charge in [-0.2, -0.15) is 5.10 Å². The number of likely N-dealkylation sites (tertiary alicyclic amines) is 1. The monoisotopic (exact) mass is 392 g/mol. The Bertz CT molecular complexity index is 1100. The highest BCUT2D eigenvalue weighted by Gasteiger charge is 2.32. The number of aromatic amines is 1. The molecule has 1 aliphatic heterocycles. The Hall–Kier alpha value is -3.29. The van der Waals surface area contributed by atoms with Crippen LogP contribution in [0.25, 0.3) is 11.3 Å². The van der Waals surface area contributed by atoms with E-state index in [1.807, 2.05) is 37.9 Å². The average Bonchev–Trinajstić information content (AvgIpc) is 3.32. The lowest BCUT2D eigenvalue weighted by molar-refractivity contribution is 0.0779. The molecule has 0 unspecified atom stereocenters. The van der Waals surface area contributed by atoms with Gasteiger partial charge < -0.3 is 9.88 Å². The first-order chi connectivity index (χ1) is 14.0. The minimum absolute atomic E-state index is 0.00684. The van der Waals surface area contributed by atoms with Crippen molar-refractivity contribution in [2.45, 2.75) is 32.6 Å². The van der Waals surface area contributed by atoms with Gasteiger partial charge in [0, 0.05) is 55.6 Å². The fourth-order valence-electron chi connectivity index (χ4n) is 3.98. The minimum atomic E-state index is -0.193. The van der Waals surface area contributed by atoms with Crippen LogP contribution in [-0.2, 0) is 13.5 Å². The summed E-state index contributed by atoms with van der Waals surface area (Å²) in [6, 6.07) is 5.14. The molecule has 29 heavy (non-hydrogen) atoms. The zero-order chi connectivity index (χ0) is 20.5. The minimum Gasteiger partial charge on any atom is -0.337 e. The van der Waals surface area contributed by atoms with Crippen molar-refractivity contribution in [2.24, 2.45) is 7.05 Å². The number of aryl methyl sites for hydroxylation is 2. The number of hydrogen-bond acceptors (Lipinski definition) is 5. The van der Waals surface area contributed by atoms with Gasteiger partial charge in [0.25, 0.3) is 11.5 Å². The van der Waals surface area contributed by atoms with Gasteiger partial charge in [0.15, 0.2) is 0 Å². The molecule has 0 aliphatic carbocycles. The highest BCUT2D eigenvalue weighted by molar-refractivity contribution is 5.94. The number of nitrogens with one attached hydrogen (secondary N) is 1. The van der Waals surface area contributed by atoms with Crippen LogP contribution in [-0.4, -0.2) is 48.6 Å². The number of amides is 1. The number of carbonyl (C=O) groups excluding carboxylic acids is 1. The fraction of sp³-hybridized carbons (Fsp3) is 0.381. The zero-order valence-electron chi connectivity index (χ0n) is 16.8. The van der Waals surface area contributed by atoms with E-state index in [-0.39, 0.29) is 17.4 Å². The zero-order valence-corrected chi connectivity index (χ0v) is 16.8. The molecule has 3 aromatic rings. The molecule has 0 spiro atoms. The van der Waals surface area contributed by atoms with Crippen molar-refractivity contribution in [3.63, 3.8) is 0 Å². The van der Waals surface area contributed by atoms with Gasteiger partial charge in [-0.1, -0.05) is 6.92 Å². The highest BCUT2D eigenvalue weighted by Crippen LogP contribution is 2.27. The van der Waals surface area contributed by atoms with E-state index < -0.39 is 0 Å². The van der Waals surface area contributed by atoms with Crippen LogP contribution in [0.5, 0.6) is 0 Å². The van der Waals surface area contributed by atoms with E-state index in [9.17, 15) is 9.59 Å². The van der Waals surface area contributed by atoms with Gasteiger partial charge in [0.1, 0.15) is 11.5 Å². The van der Waals surface area contributed by atoms with Gasteiger partial charge in [-0.3, -0.25) is 19.3 Å². The summed E-state index contributed by atoms with van der Waals surface area (Å²) in [7, 11) is 1.81. The average molecular weight is 392 g/mol. The smallest absolute Gasteiger partial charge is 0.272 e. The number of carbonyl (C=O) groups is 1. The van der Waals surface area contributed by atoms with Crippen molar-refractivity contribution in [3.8, 4) is 11.3 Å². The molecule has 1 fully saturated rings. The van der Waals surface area contributed by atoms with Crippen LogP contribution in [0.2, 0.25) is 0 Å². The normalized spacial score (nSPS) is 16.4. The van der Waals surface area contributed by atoms with E-state index in [1.165, 1.54) is 6.07 Å². The van der Waals surface area contributed by atoms with E-state index >= 15 is 0 Å². The second-order valence-corrected chi connectivity index (χ2v) is 7.39. The third-order valence-corrected chi connectivity index (χ3v) is 5.52. The Kier molecular flexibility index (Phi) is 5.00. The lowest BCUT2D eigenvalue weighted by Crippen LogP contribution is -2.31. The summed E-state index contributed by atoms with van der Waals surface area (Å²) in [5.41, 5.74) is 3.79. The Balaban J connectivity index is 1.58. The molecule has 8 nitrogen and oxygen atoms in total.